The first kappa shape index (κ1) is 18.6. The summed E-state index contributed by atoms with van der Waals surface area (Å²) in [7, 11) is 0. The van der Waals surface area contributed by atoms with Crippen LogP contribution < -0.4 is 0 Å². The first-order chi connectivity index (χ1) is 10.2. The molecule has 0 radical (unpaired) electrons. The van der Waals surface area contributed by atoms with E-state index in [4.69, 9.17) is 4.74 Å². The second-order valence-corrected chi connectivity index (χ2v) is 8.01. The monoisotopic (exact) mass is 324 g/mol. The summed E-state index contributed by atoms with van der Waals surface area (Å²) in [5.41, 5.74) is -0.651. The van der Waals surface area contributed by atoms with Crippen molar-refractivity contribution in [2.24, 2.45) is 5.41 Å². The molecule has 0 unspecified atom stereocenters. The van der Waals surface area contributed by atoms with Crippen LogP contribution in [-0.4, -0.2) is 27.5 Å². The van der Waals surface area contributed by atoms with Crippen molar-refractivity contribution in [3.8, 4) is 0 Å². The number of aliphatic carboxylic acids is 1. The zero-order chi connectivity index (χ0) is 16.8. The van der Waals surface area contributed by atoms with Crippen LogP contribution in [0.3, 0.4) is 0 Å². The molecule has 1 aromatic rings. The molecule has 5 heteroatoms. The van der Waals surface area contributed by atoms with Gasteiger partial charge in [0.2, 0.25) is 0 Å². The van der Waals surface area contributed by atoms with E-state index in [2.05, 4.69) is 0 Å². The van der Waals surface area contributed by atoms with Gasteiger partial charge in [0.15, 0.2) is 5.41 Å². The number of thioether (sulfide) groups is 1. The summed E-state index contributed by atoms with van der Waals surface area (Å²) in [6, 6.07) is 9.25. The zero-order valence-electron chi connectivity index (χ0n) is 13.6. The van der Waals surface area contributed by atoms with E-state index in [1.807, 2.05) is 51.1 Å². The van der Waals surface area contributed by atoms with Crippen LogP contribution in [0.2, 0.25) is 0 Å². The molecule has 1 rings (SSSR count). The average Bonchev–Trinajstić information content (AvgIpc) is 2.46. The molecule has 0 aliphatic carbocycles. The second kappa shape index (κ2) is 7.68. The Kier molecular flexibility index (Phi) is 6.48. The molecule has 0 amide bonds. The normalized spacial score (nSPS) is 14.2. The van der Waals surface area contributed by atoms with Gasteiger partial charge >= 0.3 is 11.9 Å². The highest BCUT2D eigenvalue weighted by Gasteiger charge is 2.47. The molecule has 0 aliphatic heterocycles. The highest BCUT2D eigenvalue weighted by Crippen LogP contribution is 2.35. The predicted octanol–water partition coefficient (Wildman–Crippen LogP) is 3.74. The minimum absolute atomic E-state index is 0.0922. The molecule has 4 nitrogen and oxygen atoms in total. The van der Waals surface area contributed by atoms with Crippen molar-refractivity contribution in [2.45, 2.75) is 45.5 Å². The molecule has 0 bridgehead atoms. The molecule has 0 spiro atoms. The molecule has 0 saturated carbocycles. The standard InChI is InChI=1S/C17H24O4S/c1-5-17(14(18)19,12-22-16(2,3)4)15(20)21-11-13-9-7-6-8-10-13/h6-10H,5,11-12H2,1-4H3,(H,18,19)/t17-/m1/s1. The van der Waals surface area contributed by atoms with Crippen LogP contribution in [0.15, 0.2) is 30.3 Å². The lowest BCUT2D eigenvalue weighted by Crippen LogP contribution is -2.43. The largest absolute Gasteiger partial charge is 0.480 e. The lowest BCUT2D eigenvalue weighted by atomic mass is 9.87. The van der Waals surface area contributed by atoms with Gasteiger partial charge in [-0.15, -0.1) is 0 Å². The number of carbonyl (C=O) groups is 2. The lowest BCUT2D eigenvalue weighted by Gasteiger charge is -2.29. The Morgan fingerprint density at radius 1 is 1.18 bits per heavy atom. The summed E-state index contributed by atoms with van der Waals surface area (Å²) >= 11 is 1.46. The van der Waals surface area contributed by atoms with Crippen LogP contribution >= 0.6 is 11.8 Å². The predicted molar refractivity (Wildman–Crippen MR) is 88.8 cm³/mol. The second-order valence-electron chi connectivity index (χ2n) is 6.20. The topological polar surface area (TPSA) is 63.6 Å². The number of benzene rings is 1. The van der Waals surface area contributed by atoms with Crippen molar-refractivity contribution < 1.29 is 19.4 Å². The maximum absolute atomic E-state index is 12.4. The van der Waals surface area contributed by atoms with Gasteiger partial charge < -0.3 is 9.84 Å². The molecule has 0 aromatic heterocycles. The molecule has 22 heavy (non-hydrogen) atoms. The smallest absolute Gasteiger partial charge is 0.324 e. The quantitative estimate of drug-likeness (QED) is 0.611. The van der Waals surface area contributed by atoms with Gasteiger partial charge in [0.25, 0.3) is 0 Å². The summed E-state index contributed by atoms with van der Waals surface area (Å²) in [6.07, 6.45) is 0.207. The zero-order valence-corrected chi connectivity index (χ0v) is 14.4. The molecule has 1 atom stereocenters. The molecular weight excluding hydrogens is 300 g/mol. The number of carbonyl (C=O) groups excluding carboxylic acids is 1. The first-order valence-corrected chi connectivity index (χ1v) is 8.28. The van der Waals surface area contributed by atoms with Gasteiger partial charge in [-0.25, -0.2) is 0 Å². The first-order valence-electron chi connectivity index (χ1n) is 7.30. The Morgan fingerprint density at radius 2 is 1.77 bits per heavy atom. The number of carboxylic acids is 1. The van der Waals surface area contributed by atoms with Crippen molar-refractivity contribution >= 4 is 23.7 Å². The Bertz CT molecular complexity index is 507. The minimum atomic E-state index is -1.49. The summed E-state index contributed by atoms with van der Waals surface area (Å²) in [5, 5.41) is 9.57. The van der Waals surface area contributed by atoms with E-state index in [-0.39, 0.29) is 23.5 Å². The number of hydrogen-bond donors (Lipinski definition) is 1. The summed E-state index contributed by atoms with van der Waals surface area (Å²) < 4.78 is 5.16. The molecular formula is C17H24O4S. The summed E-state index contributed by atoms with van der Waals surface area (Å²) in [6.45, 7) is 7.79. The highest BCUT2D eigenvalue weighted by atomic mass is 32.2. The van der Waals surface area contributed by atoms with Crippen molar-refractivity contribution in [1.29, 1.82) is 0 Å². The van der Waals surface area contributed by atoms with Crippen molar-refractivity contribution in [2.75, 3.05) is 5.75 Å². The Morgan fingerprint density at radius 3 is 2.23 bits per heavy atom. The third-order valence-electron chi connectivity index (χ3n) is 3.37. The van der Waals surface area contributed by atoms with Crippen molar-refractivity contribution in [3.05, 3.63) is 35.9 Å². The van der Waals surface area contributed by atoms with Gasteiger partial charge in [0.05, 0.1) is 0 Å². The fourth-order valence-electron chi connectivity index (χ4n) is 1.81. The Hall–Kier alpha value is -1.49. The molecule has 0 aliphatic rings. The number of hydrogen-bond acceptors (Lipinski definition) is 4. The van der Waals surface area contributed by atoms with Crippen LogP contribution in [0.4, 0.5) is 0 Å². The fraction of sp³-hybridized carbons (Fsp3) is 0.529. The van der Waals surface area contributed by atoms with Crippen LogP contribution in [0.5, 0.6) is 0 Å². The number of ether oxygens (including phenoxy) is 1. The fourth-order valence-corrected chi connectivity index (χ4v) is 2.93. The van der Waals surface area contributed by atoms with E-state index in [1.54, 1.807) is 6.92 Å². The molecule has 1 N–H and O–H groups in total. The maximum atomic E-state index is 12.4. The SMILES string of the molecule is CC[C@@](CSC(C)(C)C)(C(=O)O)C(=O)OCc1ccccc1. The van der Waals surface area contributed by atoms with Crippen molar-refractivity contribution in [3.63, 3.8) is 0 Å². The molecule has 122 valence electrons. The third-order valence-corrected chi connectivity index (χ3v) is 4.87. The Labute approximate surface area is 136 Å². The lowest BCUT2D eigenvalue weighted by molar-refractivity contribution is -0.168. The van der Waals surface area contributed by atoms with E-state index in [0.29, 0.717) is 0 Å². The van der Waals surface area contributed by atoms with Crippen LogP contribution in [-0.2, 0) is 20.9 Å². The number of rotatable bonds is 7. The van der Waals surface area contributed by atoms with Gasteiger partial charge in [-0.1, -0.05) is 58.0 Å². The van der Waals surface area contributed by atoms with Gasteiger partial charge in [0, 0.05) is 10.5 Å². The number of esters is 1. The average molecular weight is 324 g/mol. The van der Waals surface area contributed by atoms with Crippen molar-refractivity contribution in [1.82, 2.24) is 0 Å². The maximum Gasteiger partial charge on any atom is 0.324 e. The van der Waals surface area contributed by atoms with Crippen LogP contribution in [0.25, 0.3) is 0 Å². The van der Waals surface area contributed by atoms with Crippen LogP contribution in [0, 0.1) is 5.41 Å². The van der Waals surface area contributed by atoms with E-state index < -0.39 is 17.4 Å². The molecule has 0 fully saturated rings. The Balaban J connectivity index is 2.82. The highest BCUT2D eigenvalue weighted by molar-refractivity contribution is 8.00. The molecule has 1 aromatic carbocycles. The van der Waals surface area contributed by atoms with Gasteiger partial charge in [0.1, 0.15) is 6.61 Å². The van der Waals surface area contributed by atoms with E-state index >= 15 is 0 Å². The molecule has 0 saturated heterocycles. The summed E-state index contributed by atoms with van der Waals surface area (Å²) in [5.74, 6) is -1.58. The third kappa shape index (κ3) is 5.05. The number of carboxylic acid groups (broad SMARTS) is 1. The minimum Gasteiger partial charge on any atom is -0.480 e. The van der Waals surface area contributed by atoms with Crippen LogP contribution in [0.1, 0.15) is 39.7 Å². The van der Waals surface area contributed by atoms with Gasteiger partial charge in [-0.05, 0) is 12.0 Å². The van der Waals surface area contributed by atoms with Gasteiger partial charge in [-0.2, -0.15) is 11.8 Å². The molecule has 0 heterocycles. The van der Waals surface area contributed by atoms with Gasteiger partial charge in [-0.3, -0.25) is 9.59 Å². The summed E-state index contributed by atoms with van der Waals surface area (Å²) in [4.78, 5) is 24.1. The van der Waals surface area contributed by atoms with E-state index in [1.165, 1.54) is 11.8 Å². The van der Waals surface area contributed by atoms with E-state index in [0.717, 1.165) is 5.56 Å². The van der Waals surface area contributed by atoms with E-state index in [9.17, 15) is 14.7 Å².